The van der Waals surface area contributed by atoms with Crippen LogP contribution < -0.4 is 5.32 Å². The molecule has 0 bridgehead atoms. The van der Waals surface area contributed by atoms with Crippen molar-refractivity contribution in [1.82, 2.24) is 19.7 Å². The Balaban J connectivity index is 1.38. The minimum Gasteiger partial charge on any atom is -0.325 e. The second-order valence-electron chi connectivity index (χ2n) is 8.02. The summed E-state index contributed by atoms with van der Waals surface area (Å²) in [7, 11) is 0. The zero-order chi connectivity index (χ0) is 19.5. The lowest BCUT2D eigenvalue weighted by atomic mass is 9.97. The maximum Gasteiger partial charge on any atom is 0.238 e. The molecule has 6 nitrogen and oxygen atoms in total. The van der Waals surface area contributed by atoms with Crippen molar-refractivity contribution in [3.8, 4) is 0 Å². The number of likely N-dealkylation sites (tertiary alicyclic amines) is 1. The summed E-state index contributed by atoms with van der Waals surface area (Å²) >= 11 is 0. The van der Waals surface area contributed by atoms with Gasteiger partial charge in [0.1, 0.15) is 17.5 Å². The van der Waals surface area contributed by atoms with Crippen LogP contribution >= 0.6 is 0 Å². The van der Waals surface area contributed by atoms with Gasteiger partial charge in [-0.15, -0.1) is 10.2 Å². The molecule has 2 aromatic rings. The fourth-order valence-electron chi connectivity index (χ4n) is 4.29. The standard InChI is InChI=1S/C21H28FN5O/c1-15-8-9-17(12-18(15)22)23-20(28)14-26-10-5-6-16(13-26)21-25-24-19-7-3-2-4-11-27(19)21/h8-9,12,16H,2-7,10-11,13-14H2,1H3,(H,23,28). The normalized spacial score (nSPS) is 20.4. The number of aromatic nitrogens is 3. The van der Waals surface area contributed by atoms with Gasteiger partial charge in [-0.3, -0.25) is 9.69 Å². The molecule has 4 rings (SSSR count). The molecule has 1 aromatic carbocycles. The van der Waals surface area contributed by atoms with Crippen LogP contribution in [0.2, 0.25) is 0 Å². The quantitative estimate of drug-likeness (QED) is 0.877. The van der Waals surface area contributed by atoms with Crippen molar-refractivity contribution in [3.63, 3.8) is 0 Å². The van der Waals surface area contributed by atoms with Crippen LogP contribution in [0.5, 0.6) is 0 Å². The van der Waals surface area contributed by atoms with Gasteiger partial charge in [-0.25, -0.2) is 4.39 Å². The molecule has 7 heteroatoms. The number of anilines is 1. The largest absolute Gasteiger partial charge is 0.325 e. The molecule has 0 saturated carbocycles. The average Bonchev–Trinajstić information content (AvgIpc) is 2.93. The summed E-state index contributed by atoms with van der Waals surface area (Å²) in [5.41, 5.74) is 1.08. The van der Waals surface area contributed by atoms with Crippen molar-refractivity contribution in [2.45, 2.75) is 57.9 Å². The number of carbonyl (C=O) groups is 1. The van der Waals surface area contributed by atoms with Crippen LogP contribution in [0.25, 0.3) is 0 Å². The maximum atomic E-state index is 13.7. The van der Waals surface area contributed by atoms with Gasteiger partial charge in [-0.05, 0) is 56.8 Å². The van der Waals surface area contributed by atoms with Crippen molar-refractivity contribution >= 4 is 11.6 Å². The number of fused-ring (bicyclic) bond motifs is 1. The van der Waals surface area contributed by atoms with Gasteiger partial charge < -0.3 is 9.88 Å². The predicted octanol–water partition coefficient (Wildman–Crippen LogP) is 3.27. The molecule has 1 fully saturated rings. The molecule has 1 unspecified atom stereocenters. The summed E-state index contributed by atoms with van der Waals surface area (Å²) in [6.45, 7) is 4.74. The Hall–Kier alpha value is -2.28. The third kappa shape index (κ3) is 4.24. The van der Waals surface area contributed by atoms with Gasteiger partial charge >= 0.3 is 0 Å². The number of piperidine rings is 1. The maximum absolute atomic E-state index is 13.7. The number of hydrogen-bond donors (Lipinski definition) is 1. The minimum absolute atomic E-state index is 0.107. The summed E-state index contributed by atoms with van der Waals surface area (Å²) < 4.78 is 16.0. The number of aryl methyl sites for hydroxylation is 2. The Bertz CT molecular complexity index is 849. The third-order valence-corrected chi connectivity index (χ3v) is 5.83. The lowest BCUT2D eigenvalue weighted by Gasteiger charge is -2.31. The molecule has 0 aliphatic carbocycles. The first-order valence-corrected chi connectivity index (χ1v) is 10.3. The smallest absolute Gasteiger partial charge is 0.238 e. The van der Waals surface area contributed by atoms with Crippen LogP contribution in [-0.4, -0.2) is 45.2 Å². The molecule has 3 heterocycles. The van der Waals surface area contributed by atoms with Crippen LogP contribution in [0.4, 0.5) is 10.1 Å². The van der Waals surface area contributed by atoms with Crippen molar-refractivity contribution < 1.29 is 9.18 Å². The van der Waals surface area contributed by atoms with Gasteiger partial charge in [0.05, 0.1) is 6.54 Å². The molecule has 1 saturated heterocycles. The SMILES string of the molecule is Cc1ccc(NC(=O)CN2CCCC(c3nnc4n3CCCCC4)C2)cc1F. The molecule has 0 radical (unpaired) electrons. The molecule has 0 spiro atoms. The first-order valence-electron chi connectivity index (χ1n) is 10.3. The first-order chi connectivity index (χ1) is 13.6. The number of nitrogens with one attached hydrogen (secondary N) is 1. The van der Waals surface area contributed by atoms with Gasteiger partial charge in [0.25, 0.3) is 0 Å². The summed E-state index contributed by atoms with van der Waals surface area (Å²) in [5.74, 6) is 2.11. The molecule has 28 heavy (non-hydrogen) atoms. The number of amides is 1. The first kappa shape index (κ1) is 19.1. The van der Waals surface area contributed by atoms with Crippen molar-refractivity contribution in [2.75, 3.05) is 25.0 Å². The van der Waals surface area contributed by atoms with Crippen LogP contribution in [0, 0.1) is 12.7 Å². The highest BCUT2D eigenvalue weighted by molar-refractivity contribution is 5.92. The van der Waals surface area contributed by atoms with E-state index in [9.17, 15) is 9.18 Å². The molecule has 2 aliphatic heterocycles. The second kappa shape index (κ2) is 8.39. The van der Waals surface area contributed by atoms with Gasteiger partial charge in [-0.2, -0.15) is 0 Å². The summed E-state index contributed by atoms with van der Waals surface area (Å²) in [6.07, 6.45) is 6.76. The molecule has 1 aromatic heterocycles. The molecule has 1 N–H and O–H groups in total. The minimum atomic E-state index is -0.302. The molecule has 1 atom stereocenters. The second-order valence-corrected chi connectivity index (χ2v) is 8.02. The molecule has 150 valence electrons. The van der Waals surface area contributed by atoms with Crippen molar-refractivity contribution in [2.24, 2.45) is 0 Å². The zero-order valence-electron chi connectivity index (χ0n) is 16.5. The van der Waals surface area contributed by atoms with E-state index in [0.717, 1.165) is 50.5 Å². The van der Waals surface area contributed by atoms with E-state index in [1.54, 1.807) is 19.1 Å². The topological polar surface area (TPSA) is 63.1 Å². The fraction of sp³-hybridized carbons (Fsp3) is 0.571. The predicted molar refractivity (Wildman–Crippen MR) is 106 cm³/mol. The van der Waals surface area contributed by atoms with E-state index in [2.05, 4.69) is 25.0 Å². The number of carbonyl (C=O) groups excluding carboxylic acids is 1. The summed E-state index contributed by atoms with van der Waals surface area (Å²) in [4.78, 5) is 14.6. The monoisotopic (exact) mass is 385 g/mol. The van der Waals surface area contributed by atoms with Crippen molar-refractivity contribution in [1.29, 1.82) is 0 Å². The van der Waals surface area contributed by atoms with E-state index in [1.165, 1.54) is 25.3 Å². The van der Waals surface area contributed by atoms with Crippen LogP contribution in [0.15, 0.2) is 18.2 Å². The Labute approximate surface area is 165 Å². The van der Waals surface area contributed by atoms with Crippen LogP contribution in [-0.2, 0) is 17.8 Å². The fourth-order valence-corrected chi connectivity index (χ4v) is 4.29. The van der Waals surface area contributed by atoms with Crippen LogP contribution in [0.3, 0.4) is 0 Å². The van der Waals surface area contributed by atoms with E-state index in [4.69, 9.17) is 0 Å². The molecular formula is C21H28FN5O. The molecule has 2 aliphatic rings. The highest BCUT2D eigenvalue weighted by Crippen LogP contribution is 2.28. The Morgan fingerprint density at radius 1 is 1.21 bits per heavy atom. The lowest BCUT2D eigenvalue weighted by Crippen LogP contribution is -2.40. The number of nitrogens with zero attached hydrogens (tertiary/aromatic N) is 4. The van der Waals surface area contributed by atoms with E-state index in [1.807, 2.05) is 0 Å². The highest BCUT2D eigenvalue weighted by atomic mass is 19.1. The average molecular weight is 385 g/mol. The van der Waals surface area contributed by atoms with Gasteiger partial charge in [-0.1, -0.05) is 12.5 Å². The lowest BCUT2D eigenvalue weighted by molar-refractivity contribution is -0.117. The zero-order valence-corrected chi connectivity index (χ0v) is 16.5. The van der Waals surface area contributed by atoms with Gasteiger partial charge in [0, 0.05) is 31.1 Å². The summed E-state index contributed by atoms with van der Waals surface area (Å²) in [6, 6.07) is 4.79. The third-order valence-electron chi connectivity index (χ3n) is 5.83. The Morgan fingerprint density at radius 2 is 2.11 bits per heavy atom. The number of halogens is 1. The Morgan fingerprint density at radius 3 is 2.96 bits per heavy atom. The van der Waals surface area contributed by atoms with E-state index in [0.29, 0.717) is 23.7 Å². The summed E-state index contributed by atoms with van der Waals surface area (Å²) in [5, 5.41) is 11.7. The number of benzene rings is 1. The number of hydrogen-bond acceptors (Lipinski definition) is 4. The Kier molecular flexibility index (Phi) is 5.71. The van der Waals surface area contributed by atoms with Gasteiger partial charge in [0.15, 0.2) is 0 Å². The molecule has 1 amide bonds. The number of rotatable bonds is 4. The van der Waals surface area contributed by atoms with E-state index in [-0.39, 0.29) is 11.7 Å². The van der Waals surface area contributed by atoms with E-state index >= 15 is 0 Å². The van der Waals surface area contributed by atoms with Crippen molar-refractivity contribution in [3.05, 3.63) is 41.2 Å². The van der Waals surface area contributed by atoms with Gasteiger partial charge in [0.2, 0.25) is 5.91 Å². The molecular weight excluding hydrogens is 357 g/mol. The highest BCUT2D eigenvalue weighted by Gasteiger charge is 2.28. The van der Waals surface area contributed by atoms with Crippen LogP contribution in [0.1, 0.15) is 55.2 Å². The van der Waals surface area contributed by atoms with E-state index < -0.39 is 0 Å².